The molecule has 4 heteroatoms. The SMILES string of the molecule is C=C(N)c1ncsc1Br. The summed E-state index contributed by atoms with van der Waals surface area (Å²) in [6, 6.07) is 0. The highest BCUT2D eigenvalue weighted by Gasteiger charge is 2.01. The largest absolute Gasteiger partial charge is 0.397 e. The van der Waals surface area contributed by atoms with Crippen LogP contribution in [0.1, 0.15) is 5.69 Å². The molecule has 9 heavy (non-hydrogen) atoms. The number of rotatable bonds is 1. The van der Waals surface area contributed by atoms with Crippen molar-refractivity contribution in [1.82, 2.24) is 4.98 Å². The van der Waals surface area contributed by atoms with Gasteiger partial charge >= 0.3 is 0 Å². The van der Waals surface area contributed by atoms with Crippen molar-refractivity contribution < 1.29 is 0 Å². The minimum Gasteiger partial charge on any atom is -0.397 e. The summed E-state index contributed by atoms with van der Waals surface area (Å²) in [4.78, 5) is 3.96. The normalized spacial score (nSPS) is 9.44. The van der Waals surface area contributed by atoms with Crippen molar-refractivity contribution in [2.24, 2.45) is 5.73 Å². The molecule has 1 rings (SSSR count). The molecule has 0 atom stereocenters. The summed E-state index contributed by atoms with van der Waals surface area (Å²) < 4.78 is 0.940. The predicted octanol–water partition coefficient (Wildman–Crippen LogP) is 1.84. The van der Waals surface area contributed by atoms with Crippen molar-refractivity contribution >= 4 is 33.0 Å². The van der Waals surface area contributed by atoms with Gasteiger partial charge in [0, 0.05) is 0 Å². The fourth-order valence-corrected chi connectivity index (χ4v) is 1.59. The van der Waals surface area contributed by atoms with Crippen LogP contribution in [0.25, 0.3) is 5.70 Å². The molecule has 1 heterocycles. The van der Waals surface area contributed by atoms with Crippen molar-refractivity contribution in [3.8, 4) is 0 Å². The first-order chi connectivity index (χ1) is 4.22. The Morgan fingerprint density at radius 2 is 2.56 bits per heavy atom. The topological polar surface area (TPSA) is 38.9 Å². The first-order valence-corrected chi connectivity index (χ1v) is 3.93. The summed E-state index contributed by atoms with van der Waals surface area (Å²) in [5.74, 6) is 0. The molecular formula is C5H5BrN2S. The molecule has 0 aromatic carbocycles. The molecule has 2 N–H and O–H groups in total. The Morgan fingerprint density at radius 1 is 1.89 bits per heavy atom. The summed E-state index contributed by atoms with van der Waals surface area (Å²) in [5, 5.41) is 0. The first-order valence-electron chi connectivity index (χ1n) is 2.25. The molecule has 0 spiro atoms. The molecule has 48 valence electrons. The highest BCUT2D eigenvalue weighted by molar-refractivity contribution is 9.11. The molecule has 0 aliphatic heterocycles. The average Bonchev–Trinajstić information content (AvgIpc) is 2.13. The van der Waals surface area contributed by atoms with E-state index in [2.05, 4.69) is 27.5 Å². The molecule has 0 aliphatic rings. The smallest absolute Gasteiger partial charge is 0.110 e. The molecule has 2 nitrogen and oxygen atoms in total. The lowest BCUT2D eigenvalue weighted by molar-refractivity contribution is 1.32. The summed E-state index contributed by atoms with van der Waals surface area (Å²) in [7, 11) is 0. The molecular weight excluding hydrogens is 200 g/mol. The van der Waals surface area contributed by atoms with E-state index in [0.29, 0.717) is 5.70 Å². The first kappa shape index (κ1) is 6.77. The van der Waals surface area contributed by atoms with Gasteiger partial charge in [-0.05, 0) is 15.9 Å². The lowest BCUT2D eigenvalue weighted by Crippen LogP contribution is -1.93. The summed E-state index contributed by atoms with van der Waals surface area (Å²) in [5.41, 5.74) is 8.35. The van der Waals surface area contributed by atoms with Gasteiger partial charge in [-0.3, -0.25) is 0 Å². The standard InChI is InChI=1S/C5H5BrN2S/c1-3(7)4-5(6)9-2-8-4/h2H,1,7H2. The zero-order valence-corrected chi connectivity index (χ0v) is 7.00. The molecule has 0 saturated carbocycles. The molecule has 1 aromatic heterocycles. The summed E-state index contributed by atoms with van der Waals surface area (Å²) in [6.07, 6.45) is 0. The van der Waals surface area contributed by atoms with E-state index < -0.39 is 0 Å². The number of hydrogen-bond acceptors (Lipinski definition) is 3. The Balaban J connectivity index is 3.08. The number of nitrogens with zero attached hydrogens (tertiary/aromatic N) is 1. The van der Waals surface area contributed by atoms with Crippen molar-refractivity contribution in [2.75, 3.05) is 0 Å². The third-order valence-electron chi connectivity index (χ3n) is 0.828. The van der Waals surface area contributed by atoms with E-state index in [0.717, 1.165) is 9.48 Å². The van der Waals surface area contributed by atoms with Gasteiger partial charge in [-0.15, -0.1) is 11.3 Å². The van der Waals surface area contributed by atoms with Crippen molar-refractivity contribution in [3.63, 3.8) is 0 Å². The Bertz CT molecular complexity index is 231. The highest BCUT2D eigenvalue weighted by atomic mass is 79.9. The predicted molar refractivity (Wildman–Crippen MR) is 43.0 cm³/mol. The van der Waals surface area contributed by atoms with Crippen LogP contribution in [0, 0.1) is 0 Å². The number of thiazole rings is 1. The number of aromatic nitrogens is 1. The molecule has 0 fully saturated rings. The van der Waals surface area contributed by atoms with Crippen LogP contribution in [0.5, 0.6) is 0 Å². The number of hydrogen-bond donors (Lipinski definition) is 1. The molecule has 1 aromatic rings. The van der Waals surface area contributed by atoms with Crippen LogP contribution in [0.2, 0.25) is 0 Å². The van der Waals surface area contributed by atoms with Gasteiger partial charge in [-0.25, -0.2) is 4.98 Å². The molecule has 0 saturated heterocycles. The minimum absolute atomic E-state index is 0.503. The zero-order chi connectivity index (χ0) is 6.85. The molecule has 0 radical (unpaired) electrons. The fourth-order valence-electron chi connectivity index (χ4n) is 0.441. The Hall–Kier alpha value is -0.350. The van der Waals surface area contributed by atoms with Gasteiger partial charge in [0.05, 0.1) is 15.0 Å². The Morgan fingerprint density at radius 3 is 2.78 bits per heavy atom. The van der Waals surface area contributed by atoms with Crippen LogP contribution >= 0.6 is 27.3 Å². The van der Waals surface area contributed by atoms with E-state index in [1.54, 1.807) is 5.51 Å². The third kappa shape index (κ3) is 1.31. The maximum absolute atomic E-state index is 5.38. The van der Waals surface area contributed by atoms with E-state index in [9.17, 15) is 0 Å². The molecule has 0 unspecified atom stereocenters. The van der Waals surface area contributed by atoms with Gasteiger partial charge in [0.15, 0.2) is 0 Å². The second-order valence-electron chi connectivity index (χ2n) is 1.50. The third-order valence-corrected chi connectivity index (χ3v) is 2.38. The van der Waals surface area contributed by atoms with Crippen LogP contribution in [0.4, 0.5) is 0 Å². The van der Waals surface area contributed by atoms with E-state index in [4.69, 9.17) is 5.73 Å². The molecule has 0 aliphatic carbocycles. The molecule has 0 amide bonds. The van der Waals surface area contributed by atoms with Crippen molar-refractivity contribution in [1.29, 1.82) is 0 Å². The van der Waals surface area contributed by atoms with Gasteiger partial charge in [0.1, 0.15) is 5.69 Å². The van der Waals surface area contributed by atoms with Gasteiger partial charge in [0.25, 0.3) is 0 Å². The number of nitrogens with two attached hydrogens (primary N) is 1. The maximum atomic E-state index is 5.38. The van der Waals surface area contributed by atoms with Crippen LogP contribution in [0.3, 0.4) is 0 Å². The lowest BCUT2D eigenvalue weighted by atomic mass is 10.4. The lowest BCUT2D eigenvalue weighted by Gasteiger charge is -1.90. The van der Waals surface area contributed by atoms with Gasteiger partial charge in [-0.2, -0.15) is 0 Å². The quantitative estimate of drug-likeness (QED) is 0.759. The average molecular weight is 205 g/mol. The minimum atomic E-state index is 0.503. The van der Waals surface area contributed by atoms with E-state index in [1.807, 2.05) is 0 Å². The molecule has 0 bridgehead atoms. The second-order valence-corrected chi connectivity index (χ2v) is 3.67. The zero-order valence-electron chi connectivity index (χ0n) is 4.60. The van der Waals surface area contributed by atoms with Gasteiger partial charge < -0.3 is 5.73 Å². The summed E-state index contributed by atoms with van der Waals surface area (Å²) in [6.45, 7) is 3.55. The van der Waals surface area contributed by atoms with E-state index in [1.165, 1.54) is 11.3 Å². The van der Waals surface area contributed by atoms with Gasteiger partial charge in [-0.1, -0.05) is 6.58 Å². The van der Waals surface area contributed by atoms with Crippen molar-refractivity contribution in [2.45, 2.75) is 0 Å². The fraction of sp³-hybridized carbons (Fsp3) is 0. The second kappa shape index (κ2) is 2.49. The van der Waals surface area contributed by atoms with Crippen LogP contribution in [-0.2, 0) is 0 Å². The van der Waals surface area contributed by atoms with Crippen LogP contribution in [-0.4, -0.2) is 4.98 Å². The van der Waals surface area contributed by atoms with Crippen LogP contribution < -0.4 is 5.73 Å². The van der Waals surface area contributed by atoms with Gasteiger partial charge in [0.2, 0.25) is 0 Å². The Labute approximate surface area is 65.5 Å². The van der Waals surface area contributed by atoms with E-state index in [-0.39, 0.29) is 0 Å². The number of halogens is 1. The monoisotopic (exact) mass is 204 g/mol. The van der Waals surface area contributed by atoms with E-state index >= 15 is 0 Å². The summed E-state index contributed by atoms with van der Waals surface area (Å²) >= 11 is 4.78. The maximum Gasteiger partial charge on any atom is 0.110 e. The highest BCUT2D eigenvalue weighted by Crippen LogP contribution is 2.23. The van der Waals surface area contributed by atoms with Crippen LogP contribution in [0.15, 0.2) is 15.9 Å². The Kier molecular flexibility index (Phi) is 1.87. The van der Waals surface area contributed by atoms with Crippen molar-refractivity contribution in [3.05, 3.63) is 21.6 Å².